The maximum atomic E-state index is 9.22. The van der Waals surface area contributed by atoms with Gasteiger partial charge in [-0.2, -0.15) is 5.26 Å². The molecule has 2 aromatic carbocycles. The van der Waals surface area contributed by atoms with Gasteiger partial charge in [0.25, 0.3) is 0 Å². The Hall–Kier alpha value is -2.19. The van der Waals surface area contributed by atoms with Crippen LogP contribution in [0.1, 0.15) is 47.6 Å². The van der Waals surface area contributed by atoms with Crippen LogP contribution in [-0.4, -0.2) is 18.0 Å². The van der Waals surface area contributed by atoms with Crippen molar-refractivity contribution >= 4 is 0 Å². The molecule has 0 bridgehead atoms. The number of rotatable bonds is 5. The van der Waals surface area contributed by atoms with Crippen molar-refractivity contribution in [1.82, 2.24) is 0 Å². The number of aliphatic hydroxyl groups excluding tert-OH is 1. The second-order valence-corrected chi connectivity index (χ2v) is 5.95. The summed E-state index contributed by atoms with van der Waals surface area (Å²) >= 11 is 0. The molecule has 0 aliphatic carbocycles. The van der Waals surface area contributed by atoms with Crippen LogP contribution in [0.3, 0.4) is 0 Å². The van der Waals surface area contributed by atoms with Crippen molar-refractivity contribution in [3.05, 3.63) is 70.8 Å². The molecule has 0 radical (unpaired) electrons. The highest BCUT2D eigenvalue weighted by atomic mass is 16.7. The van der Waals surface area contributed by atoms with Crippen LogP contribution in [0, 0.1) is 11.3 Å². The van der Waals surface area contributed by atoms with Crippen LogP contribution >= 0.6 is 0 Å². The monoisotopic (exact) mass is 323 g/mol. The molecule has 2 unspecified atom stereocenters. The van der Waals surface area contributed by atoms with Crippen LogP contribution in [0.4, 0.5) is 0 Å². The summed E-state index contributed by atoms with van der Waals surface area (Å²) in [5.41, 5.74) is 3.49. The molecule has 1 fully saturated rings. The van der Waals surface area contributed by atoms with Gasteiger partial charge in [-0.3, -0.25) is 0 Å². The molecule has 0 aromatic heterocycles. The van der Waals surface area contributed by atoms with Crippen LogP contribution in [-0.2, 0) is 16.1 Å². The molecule has 1 aliphatic heterocycles. The summed E-state index contributed by atoms with van der Waals surface area (Å²) in [4.78, 5) is 0. The minimum absolute atomic E-state index is 0.0222. The first-order valence-electron chi connectivity index (χ1n) is 8.27. The zero-order valence-corrected chi connectivity index (χ0v) is 13.5. The normalized spacial score (nSPS) is 18.8. The number of nitriles is 1. The van der Waals surface area contributed by atoms with Crippen LogP contribution in [0.25, 0.3) is 0 Å². The van der Waals surface area contributed by atoms with Crippen molar-refractivity contribution in [3.63, 3.8) is 0 Å². The summed E-state index contributed by atoms with van der Waals surface area (Å²) in [6.07, 6.45) is 2.60. The standard InChI is InChI=1S/C20H21NO3/c21-13-15-4-8-17(9-5-15)20(24-19-3-1-2-12-23-19)18-10-6-16(14-22)7-11-18/h4-11,19-20,22H,1-3,12,14H2. The molecule has 124 valence electrons. The van der Waals surface area contributed by atoms with Crippen LogP contribution < -0.4 is 0 Å². The first-order valence-corrected chi connectivity index (χ1v) is 8.27. The molecule has 2 atom stereocenters. The van der Waals surface area contributed by atoms with Gasteiger partial charge >= 0.3 is 0 Å². The predicted molar refractivity (Wildman–Crippen MR) is 90.0 cm³/mol. The molecule has 0 spiro atoms. The van der Waals surface area contributed by atoms with Crippen LogP contribution in [0.2, 0.25) is 0 Å². The average Bonchev–Trinajstić information content (AvgIpc) is 2.67. The van der Waals surface area contributed by atoms with E-state index in [1.54, 1.807) is 12.1 Å². The largest absolute Gasteiger partial charge is 0.392 e. The molecule has 1 aliphatic rings. The molecular formula is C20H21NO3. The molecule has 0 saturated carbocycles. The third-order valence-corrected chi connectivity index (χ3v) is 4.23. The summed E-state index contributed by atoms with van der Waals surface area (Å²) in [6, 6.07) is 17.3. The fraction of sp³-hybridized carbons (Fsp3) is 0.350. The molecule has 4 nitrogen and oxygen atoms in total. The van der Waals surface area contributed by atoms with E-state index in [-0.39, 0.29) is 19.0 Å². The van der Waals surface area contributed by atoms with Gasteiger partial charge < -0.3 is 14.6 Å². The van der Waals surface area contributed by atoms with E-state index in [9.17, 15) is 5.11 Å². The maximum Gasteiger partial charge on any atom is 0.158 e. The van der Waals surface area contributed by atoms with E-state index in [2.05, 4.69) is 6.07 Å². The third-order valence-electron chi connectivity index (χ3n) is 4.23. The van der Waals surface area contributed by atoms with Crippen molar-refractivity contribution in [3.8, 4) is 6.07 Å². The van der Waals surface area contributed by atoms with Gasteiger partial charge in [0, 0.05) is 6.61 Å². The van der Waals surface area contributed by atoms with Crippen molar-refractivity contribution in [2.75, 3.05) is 6.61 Å². The molecule has 2 aromatic rings. The van der Waals surface area contributed by atoms with Gasteiger partial charge in [-0.05, 0) is 48.1 Å². The lowest BCUT2D eigenvalue weighted by atomic mass is 9.99. The number of aliphatic hydroxyl groups is 1. The van der Waals surface area contributed by atoms with E-state index in [0.29, 0.717) is 5.56 Å². The van der Waals surface area contributed by atoms with E-state index in [1.165, 1.54) is 0 Å². The molecule has 24 heavy (non-hydrogen) atoms. The Labute approximate surface area is 142 Å². The Kier molecular flexibility index (Phi) is 5.60. The highest BCUT2D eigenvalue weighted by molar-refractivity contribution is 5.37. The summed E-state index contributed by atoms with van der Waals surface area (Å²) in [5.74, 6) is 0. The fourth-order valence-corrected chi connectivity index (χ4v) is 2.85. The summed E-state index contributed by atoms with van der Waals surface area (Å²) in [5, 5.41) is 18.2. The Morgan fingerprint density at radius 2 is 1.75 bits per heavy atom. The second-order valence-electron chi connectivity index (χ2n) is 5.95. The Bertz CT molecular complexity index is 682. The highest BCUT2D eigenvalue weighted by Crippen LogP contribution is 2.30. The topological polar surface area (TPSA) is 62.5 Å². The number of ether oxygens (including phenoxy) is 2. The first kappa shape index (κ1) is 16.7. The lowest BCUT2D eigenvalue weighted by Gasteiger charge is -2.28. The minimum Gasteiger partial charge on any atom is -0.392 e. The van der Waals surface area contributed by atoms with Gasteiger partial charge in [0.05, 0.1) is 18.2 Å². The van der Waals surface area contributed by atoms with Crippen molar-refractivity contribution in [2.45, 2.75) is 38.3 Å². The Balaban J connectivity index is 1.87. The van der Waals surface area contributed by atoms with E-state index >= 15 is 0 Å². The lowest BCUT2D eigenvalue weighted by molar-refractivity contribution is -0.181. The summed E-state index contributed by atoms with van der Waals surface area (Å²) < 4.78 is 12.0. The Morgan fingerprint density at radius 1 is 1.08 bits per heavy atom. The minimum atomic E-state index is -0.256. The lowest BCUT2D eigenvalue weighted by Crippen LogP contribution is -2.25. The summed E-state index contributed by atoms with van der Waals surface area (Å²) in [7, 11) is 0. The SMILES string of the molecule is N#Cc1ccc(C(OC2CCCCO2)c2ccc(CO)cc2)cc1. The second kappa shape index (κ2) is 8.07. The smallest absolute Gasteiger partial charge is 0.158 e. The van der Waals surface area contributed by atoms with Gasteiger partial charge in [0.2, 0.25) is 0 Å². The molecule has 1 saturated heterocycles. The number of hydrogen-bond acceptors (Lipinski definition) is 4. The molecule has 4 heteroatoms. The molecule has 1 N–H and O–H groups in total. The quantitative estimate of drug-likeness (QED) is 0.911. The van der Waals surface area contributed by atoms with Gasteiger partial charge in [-0.15, -0.1) is 0 Å². The van der Waals surface area contributed by atoms with Gasteiger partial charge in [-0.25, -0.2) is 0 Å². The van der Waals surface area contributed by atoms with Gasteiger partial charge in [-0.1, -0.05) is 36.4 Å². The molecule has 1 heterocycles. The van der Waals surface area contributed by atoms with Crippen molar-refractivity contribution < 1.29 is 14.6 Å². The highest BCUT2D eigenvalue weighted by Gasteiger charge is 2.22. The van der Waals surface area contributed by atoms with E-state index in [0.717, 1.165) is 42.6 Å². The zero-order chi connectivity index (χ0) is 16.8. The van der Waals surface area contributed by atoms with Crippen LogP contribution in [0.5, 0.6) is 0 Å². The van der Waals surface area contributed by atoms with E-state index in [1.807, 2.05) is 36.4 Å². The van der Waals surface area contributed by atoms with Crippen LogP contribution in [0.15, 0.2) is 48.5 Å². The molecule has 3 rings (SSSR count). The molecule has 0 amide bonds. The van der Waals surface area contributed by atoms with Crippen molar-refractivity contribution in [2.24, 2.45) is 0 Å². The van der Waals surface area contributed by atoms with E-state index in [4.69, 9.17) is 14.7 Å². The Morgan fingerprint density at radius 3 is 2.29 bits per heavy atom. The molecular weight excluding hydrogens is 302 g/mol. The third kappa shape index (κ3) is 4.01. The number of benzene rings is 2. The summed E-state index contributed by atoms with van der Waals surface area (Å²) in [6.45, 7) is 0.753. The predicted octanol–water partition coefficient (Wildman–Crippen LogP) is 3.68. The van der Waals surface area contributed by atoms with E-state index < -0.39 is 0 Å². The van der Waals surface area contributed by atoms with Crippen molar-refractivity contribution in [1.29, 1.82) is 5.26 Å². The van der Waals surface area contributed by atoms with Gasteiger partial charge in [0.1, 0.15) is 6.10 Å². The number of hydrogen-bond donors (Lipinski definition) is 1. The zero-order valence-electron chi connectivity index (χ0n) is 13.5. The first-order chi connectivity index (χ1) is 11.8. The maximum absolute atomic E-state index is 9.22. The number of nitrogens with zero attached hydrogens (tertiary/aromatic N) is 1. The fourth-order valence-electron chi connectivity index (χ4n) is 2.85. The average molecular weight is 323 g/mol. The van der Waals surface area contributed by atoms with Gasteiger partial charge in [0.15, 0.2) is 6.29 Å².